The van der Waals surface area contributed by atoms with Gasteiger partial charge >= 0.3 is 0 Å². The van der Waals surface area contributed by atoms with E-state index in [0.29, 0.717) is 12.8 Å². The van der Waals surface area contributed by atoms with Crippen LogP contribution < -0.4 is 0 Å². The summed E-state index contributed by atoms with van der Waals surface area (Å²) < 4.78 is 28.8. The molecule has 0 radical (unpaired) electrons. The fourth-order valence-electron chi connectivity index (χ4n) is 2.68. The summed E-state index contributed by atoms with van der Waals surface area (Å²) in [5.41, 5.74) is 1.76. The molecule has 0 spiro atoms. The van der Waals surface area contributed by atoms with E-state index >= 15 is 0 Å². The molecule has 112 valence electrons. The Morgan fingerprint density at radius 2 is 2.05 bits per heavy atom. The lowest BCUT2D eigenvalue weighted by molar-refractivity contribution is -0.126. The van der Waals surface area contributed by atoms with E-state index in [4.69, 9.17) is 0 Å². The second-order valence-corrected chi connectivity index (χ2v) is 6.25. The molecular weight excluding hydrogens is 330 g/mol. The summed E-state index contributed by atoms with van der Waals surface area (Å²) in [5.74, 6) is -2.77. The molecule has 3 nitrogen and oxygen atoms in total. The summed E-state index contributed by atoms with van der Waals surface area (Å²) in [4.78, 5) is 12.3. The smallest absolute Gasteiger partial charge is 0.248 e. The van der Waals surface area contributed by atoms with Crippen molar-refractivity contribution in [1.29, 1.82) is 0 Å². The predicted octanol–water partition coefficient (Wildman–Crippen LogP) is 3.68. The first-order valence-corrected chi connectivity index (χ1v) is 7.74. The number of aromatic nitrogens is 2. The molecule has 0 bridgehead atoms. The number of rotatable bonds is 4. The highest BCUT2D eigenvalue weighted by Crippen LogP contribution is 2.37. The zero-order valence-corrected chi connectivity index (χ0v) is 13.3. The van der Waals surface area contributed by atoms with Gasteiger partial charge in [0.2, 0.25) is 5.92 Å². The maximum absolute atomic E-state index is 13.1. The van der Waals surface area contributed by atoms with Crippen molar-refractivity contribution in [3.63, 3.8) is 0 Å². The van der Waals surface area contributed by atoms with Crippen molar-refractivity contribution in [1.82, 2.24) is 9.78 Å². The van der Waals surface area contributed by atoms with Gasteiger partial charge in [0.1, 0.15) is 5.78 Å². The predicted molar refractivity (Wildman–Crippen MR) is 75.9 cm³/mol. The quantitative estimate of drug-likeness (QED) is 0.831. The summed E-state index contributed by atoms with van der Waals surface area (Å²) in [6.45, 7) is 2.00. The van der Waals surface area contributed by atoms with E-state index in [1.54, 1.807) is 4.68 Å². The Bertz CT molecular complexity index is 504. The zero-order chi connectivity index (χ0) is 14.9. The highest BCUT2D eigenvalue weighted by Gasteiger charge is 2.37. The van der Waals surface area contributed by atoms with Gasteiger partial charge in [0.15, 0.2) is 0 Å². The minimum Gasteiger partial charge on any atom is -0.299 e. The van der Waals surface area contributed by atoms with Gasteiger partial charge in [-0.15, -0.1) is 0 Å². The van der Waals surface area contributed by atoms with E-state index in [-0.39, 0.29) is 31.0 Å². The Kier molecular flexibility index (Phi) is 4.62. The van der Waals surface area contributed by atoms with Gasteiger partial charge in [0.25, 0.3) is 0 Å². The fourth-order valence-corrected chi connectivity index (χ4v) is 3.44. The Balaban J connectivity index is 2.04. The van der Waals surface area contributed by atoms with Crippen LogP contribution in [0.1, 0.15) is 44.0 Å². The van der Waals surface area contributed by atoms with Crippen molar-refractivity contribution >= 4 is 21.7 Å². The lowest BCUT2D eigenvalue weighted by Gasteiger charge is -2.27. The van der Waals surface area contributed by atoms with Crippen LogP contribution in [0.4, 0.5) is 8.78 Å². The van der Waals surface area contributed by atoms with E-state index < -0.39 is 5.92 Å². The van der Waals surface area contributed by atoms with E-state index in [1.807, 2.05) is 14.0 Å². The SMILES string of the molecule is CCc1nn(C)c(CC(=O)C2CCC(F)(F)CC2)c1Br. The van der Waals surface area contributed by atoms with Gasteiger partial charge in [0, 0.05) is 32.2 Å². The molecule has 0 aliphatic heterocycles. The summed E-state index contributed by atoms with van der Waals surface area (Å²) in [6.07, 6.45) is 1.30. The zero-order valence-electron chi connectivity index (χ0n) is 11.8. The highest BCUT2D eigenvalue weighted by molar-refractivity contribution is 9.10. The van der Waals surface area contributed by atoms with Crippen molar-refractivity contribution < 1.29 is 13.6 Å². The van der Waals surface area contributed by atoms with Crippen LogP contribution in [0.2, 0.25) is 0 Å². The molecule has 0 atom stereocenters. The van der Waals surface area contributed by atoms with Gasteiger partial charge in [-0.1, -0.05) is 6.92 Å². The molecule has 0 amide bonds. The van der Waals surface area contributed by atoms with Gasteiger partial charge in [-0.25, -0.2) is 8.78 Å². The molecule has 1 saturated carbocycles. The van der Waals surface area contributed by atoms with Crippen LogP contribution in [0.25, 0.3) is 0 Å². The first-order valence-electron chi connectivity index (χ1n) is 6.95. The summed E-state index contributed by atoms with van der Waals surface area (Å²) in [7, 11) is 1.81. The van der Waals surface area contributed by atoms with Crippen LogP contribution in [0.3, 0.4) is 0 Å². The molecule has 6 heteroatoms. The summed E-state index contributed by atoms with van der Waals surface area (Å²) in [6, 6.07) is 0. The van der Waals surface area contributed by atoms with E-state index in [1.165, 1.54) is 0 Å². The molecule has 1 fully saturated rings. The van der Waals surface area contributed by atoms with Crippen LogP contribution in [0.5, 0.6) is 0 Å². The van der Waals surface area contributed by atoms with Crippen LogP contribution >= 0.6 is 15.9 Å². The minimum absolute atomic E-state index is 0.0480. The third-order valence-electron chi connectivity index (χ3n) is 4.02. The van der Waals surface area contributed by atoms with Crippen LogP contribution in [-0.2, 0) is 24.7 Å². The summed E-state index contributed by atoms with van der Waals surface area (Å²) in [5, 5.41) is 4.35. The number of hydrogen-bond acceptors (Lipinski definition) is 2. The lowest BCUT2D eigenvalue weighted by atomic mass is 9.83. The van der Waals surface area contributed by atoms with E-state index in [0.717, 1.165) is 22.3 Å². The average Bonchev–Trinajstić information content (AvgIpc) is 2.66. The fraction of sp³-hybridized carbons (Fsp3) is 0.714. The molecule has 0 unspecified atom stereocenters. The first kappa shape index (κ1) is 15.6. The van der Waals surface area contributed by atoms with E-state index in [9.17, 15) is 13.6 Å². The third-order valence-corrected chi connectivity index (χ3v) is 4.93. The van der Waals surface area contributed by atoms with Gasteiger partial charge in [-0.3, -0.25) is 9.48 Å². The maximum Gasteiger partial charge on any atom is 0.248 e. The highest BCUT2D eigenvalue weighted by atomic mass is 79.9. The maximum atomic E-state index is 13.1. The van der Waals surface area contributed by atoms with Gasteiger partial charge < -0.3 is 0 Å². The monoisotopic (exact) mass is 348 g/mol. The van der Waals surface area contributed by atoms with Crippen molar-refractivity contribution in [3.05, 3.63) is 15.9 Å². The van der Waals surface area contributed by atoms with Crippen LogP contribution in [0.15, 0.2) is 4.47 Å². The Morgan fingerprint density at radius 3 is 2.55 bits per heavy atom. The molecule has 1 aromatic heterocycles. The van der Waals surface area contributed by atoms with Gasteiger partial charge in [-0.2, -0.15) is 5.10 Å². The molecule has 2 rings (SSSR count). The number of halogens is 3. The topological polar surface area (TPSA) is 34.9 Å². The largest absolute Gasteiger partial charge is 0.299 e. The average molecular weight is 349 g/mol. The van der Waals surface area contributed by atoms with Crippen molar-refractivity contribution in [2.45, 2.75) is 51.4 Å². The second kappa shape index (κ2) is 5.92. The molecule has 1 aliphatic rings. The van der Waals surface area contributed by atoms with Crippen molar-refractivity contribution in [2.24, 2.45) is 13.0 Å². The van der Waals surface area contributed by atoms with Crippen LogP contribution in [0, 0.1) is 5.92 Å². The second-order valence-electron chi connectivity index (χ2n) is 5.46. The molecule has 0 saturated heterocycles. The van der Waals surface area contributed by atoms with Gasteiger partial charge in [0.05, 0.1) is 15.9 Å². The normalized spacial score (nSPS) is 19.2. The van der Waals surface area contributed by atoms with Crippen molar-refractivity contribution in [3.8, 4) is 0 Å². The van der Waals surface area contributed by atoms with Gasteiger partial charge in [-0.05, 0) is 35.2 Å². The lowest BCUT2D eigenvalue weighted by Crippen LogP contribution is -2.29. The molecule has 1 heterocycles. The number of Topliss-reactive ketones (excluding diaryl/α,β-unsaturated/α-hetero) is 1. The third kappa shape index (κ3) is 3.27. The molecule has 1 aromatic rings. The first-order chi connectivity index (χ1) is 9.34. The Labute approximate surface area is 125 Å². The number of carbonyl (C=O) groups is 1. The number of carbonyl (C=O) groups excluding carboxylic acids is 1. The Morgan fingerprint density at radius 1 is 1.45 bits per heavy atom. The number of hydrogen-bond donors (Lipinski definition) is 0. The number of alkyl halides is 2. The van der Waals surface area contributed by atoms with Crippen LogP contribution in [-0.4, -0.2) is 21.5 Å². The van der Waals surface area contributed by atoms with Crippen molar-refractivity contribution in [2.75, 3.05) is 0 Å². The minimum atomic E-state index is -2.58. The molecule has 20 heavy (non-hydrogen) atoms. The number of aryl methyl sites for hydroxylation is 2. The molecule has 0 aromatic carbocycles. The van der Waals surface area contributed by atoms with E-state index in [2.05, 4.69) is 21.0 Å². The number of nitrogens with zero attached hydrogens (tertiary/aromatic N) is 2. The molecule has 0 N–H and O–H groups in total. The summed E-state index contributed by atoms with van der Waals surface area (Å²) >= 11 is 3.48. The molecule has 1 aliphatic carbocycles. The number of ketones is 1. The molecular formula is C14H19BrF2N2O. The Hall–Kier alpha value is -0.780. The standard InChI is InChI=1S/C14H19BrF2N2O/c1-3-10-13(15)11(19(2)18-10)8-12(20)9-4-6-14(16,17)7-5-9/h9H,3-8H2,1-2H3.